The molecule has 5 nitrogen and oxygen atoms in total. The molecule has 3 aromatic rings. The molecule has 0 aliphatic heterocycles. The van der Waals surface area contributed by atoms with Gasteiger partial charge < -0.3 is 5.32 Å². The molecule has 0 spiro atoms. The second-order valence-corrected chi connectivity index (χ2v) is 5.85. The minimum atomic E-state index is -0.312. The van der Waals surface area contributed by atoms with Gasteiger partial charge in [-0.2, -0.15) is 0 Å². The lowest BCUT2D eigenvalue weighted by Crippen LogP contribution is -2.38. The average Bonchev–Trinajstić information content (AvgIpc) is 2.95. The smallest absolute Gasteiger partial charge is 0.330 e. The average molecular weight is 301 g/mol. The third-order valence-corrected chi connectivity index (χ3v) is 4.45. The number of thiophene rings is 1. The summed E-state index contributed by atoms with van der Waals surface area (Å²) in [6.07, 6.45) is 0. The molecule has 108 valence electrons. The van der Waals surface area contributed by atoms with Crippen molar-refractivity contribution in [3.63, 3.8) is 0 Å². The number of rotatable bonds is 3. The van der Waals surface area contributed by atoms with Crippen LogP contribution in [0, 0.1) is 0 Å². The number of benzene rings is 1. The Labute approximate surface area is 125 Å². The zero-order valence-electron chi connectivity index (χ0n) is 11.8. The molecular weight excluding hydrogens is 286 g/mol. The molecule has 2 aromatic heterocycles. The highest BCUT2D eigenvalue weighted by atomic mass is 32.1. The fourth-order valence-electron chi connectivity index (χ4n) is 2.22. The van der Waals surface area contributed by atoms with Gasteiger partial charge in [-0.05, 0) is 35.0 Å². The van der Waals surface area contributed by atoms with Crippen molar-refractivity contribution in [3.05, 3.63) is 62.2 Å². The number of anilines is 1. The summed E-state index contributed by atoms with van der Waals surface area (Å²) in [4.78, 5) is 23.5. The van der Waals surface area contributed by atoms with Crippen LogP contribution in [0.3, 0.4) is 0 Å². The standard InChI is InChI=1S/C15H15N3O2S/c1-17-12(8-14(19)18(2)15(17)20)9-16-11-3-4-13-10(7-11)5-6-21-13/h3-8,16H,9H2,1-2H3. The van der Waals surface area contributed by atoms with Gasteiger partial charge in [-0.1, -0.05) is 0 Å². The summed E-state index contributed by atoms with van der Waals surface area (Å²) in [5.41, 5.74) is 1.03. The van der Waals surface area contributed by atoms with Crippen molar-refractivity contribution in [2.75, 3.05) is 5.32 Å². The van der Waals surface area contributed by atoms with Gasteiger partial charge >= 0.3 is 5.69 Å². The second-order valence-electron chi connectivity index (χ2n) is 4.90. The SMILES string of the molecule is Cn1c(CNc2ccc3sccc3c2)cc(=O)n(C)c1=O. The molecule has 1 aromatic carbocycles. The van der Waals surface area contributed by atoms with E-state index < -0.39 is 0 Å². The molecule has 3 rings (SSSR count). The van der Waals surface area contributed by atoms with Crippen molar-refractivity contribution in [1.82, 2.24) is 9.13 Å². The van der Waals surface area contributed by atoms with Crippen molar-refractivity contribution >= 4 is 27.1 Å². The predicted octanol–water partition coefficient (Wildman–Crippen LogP) is 1.91. The Morgan fingerprint density at radius 2 is 1.90 bits per heavy atom. The summed E-state index contributed by atoms with van der Waals surface area (Å²) in [6.45, 7) is 0.428. The molecule has 0 unspecified atom stereocenters. The van der Waals surface area contributed by atoms with E-state index in [0.29, 0.717) is 12.2 Å². The number of nitrogens with one attached hydrogen (secondary N) is 1. The van der Waals surface area contributed by atoms with Crippen LogP contribution in [-0.4, -0.2) is 9.13 Å². The van der Waals surface area contributed by atoms with Crippen LogP contribution in [-0.2, 0) is 20.6 Å². The van der Waals surface area contributed by atoms with E-state index in [2.05, 4.69) is 28.9 Å². The van der Waals surface area contributed by atoms with Gasteiger partial charge in [-0.15, -0.1) is 11.3 Å². The van der Waals surface area contributed by atoms with Crippen molar-refractivity contribution in [1.29, 1.82) is 0 Å². The van der Waals surface area contributed by atoms with E-state index in [-0.39, 0.29) is 11.2 Å². The third-order valence-electron chi connectivity index (χ3n) is 3.55. The van der Waals surface area contributed by atoms with Crippen LogP contribution in [0.5, 0.6) is 0 Å². The summed E-state index contributed by atoms with van der Waals surface area (Å²) in [5.74, 6) is 0. The minimum absolute atomic E-state index is 0.289. The van der Waals surface area contributed by atoms with Crippen LogP contribution in [0.4, 0.5) is 5.69 Å². The lowest BCUT2D eigenvalue weighted by molar-refractivity contribution is 0.655. The Balaban J connectivity index is 1.87. The van der Waals surface area contributed by atoms with Crippen molar-refractivity contribution in [2.45, 2.75) is 6.54 Å². The quantitative estimate of drug-likeness (QED) is 0.804. The van der Waals surface area contributed by atoms with Crippen molar-refractivity contribution in [3.8, 4) is 0 Å². The van der Waals surface area contributed by atoms with E-state index in [1.54, 1.807) is 18.4 Å². The number of fused-ring (bicyclic) bond motifs is 1. The second kappa shape index (κ2) is 5.21. The Morgan fingerprint density at radius 1 is 1.10 bits per heavy atom. The van der Waals surface area contributed by atoms with Crippen LogP contribution in [0.1, 0.15) is 5.69 Å². The van der Waals surface area contributed by atoms with Gasteiger partial charge in [0.1, 0.15) is 0 Å². The third kappa shape index (κ3) is 2.50. The van der Waals surface area contributed by atoms with E-state index >= 15 is 0 Å². The zero-order chi connectivity index (χ0) is 15.0. The molecule has 0 amide bonds. The van der Waals surface area contributed by atoms with Crippen molar-refractivity contribution in [2.24, 2.45) is 14.1 Å². The van der Waals surface area contributed by atoms with Crippen LogP contribution < -0.4 is 16.6 Å². The molecular formula is C15H15N3O2S. The molecule has 1 N–H and O–H groups in total. The normalized spacial score (nSPS) is 11.0. The minimum Gasteiger partial charge on any atom is -0.379 e. The van der Waals surface area contributed by atoms with Crippen LogP contribution in [0.15, 0.2) is 45.3 Å². The number of aromatic nitrogens is 2. The summed E-state index contributed by atoms with van der Waals surface area (Å²) in [6, 6.07) is 9.67. The summed E-state index contributed by atoms with van der Waals surface area (Å²) in [7, 11) is 3.15. The van der Waals surface area contributed by atoms with Crippen molar-refractivity contribution < 1.29 is 0 Å². The summed E-state index contributed by atoms with van der Waals surface area (Å²) in [5, 5.41) is 6.49. The lowest BCUT2D eigenvalue weighted by Gasteiger charge is -2.11. The number of hydrogen-bond donors (Lipinski definition) is 1. The zero-order valence-corrected chi connectivity index (χ0v) is 12.6. The monoisotopic (exact) mass is 301 g/mol. The van der Waals surface area contributed by atoms with Gasteiger partial charge in [0, 0.05) is 36.2 Å². The van der Waals surface area contributed by atoms with Crippen LogP contribution in [0.2, 0.25) is 0 Å². The van der Waals surface area contributed by atoms with Gasteiger partial charge in [0.15, 0.2) is 0 Å². The number of hydrogen-bond acceptors (Lipinski definition) is 4. The highest BCUT2D eigenvalue weighted by Gasteiger charge is 2.06. The van der Waals surface area contributed by atoms with E-state index in [4.69, 9.17) is 0 Å². The number of nitrogens with zero attached hydrogens (tertiary/aromatic N) is 2. The predicted molar refractivity (Wildman–Crippen MR) is 86.1 cm³/mol. The first kappa shape index (κ1) is 13.6. The largest absolute Gasteiger partial charge is 0.379 e. The van der Waals surface area contributed by atoms with E-state index in [1.165, 1.54) is 27.8 Å². The lowest BCUT2D eigenvalue weighted by atomic mass is 10.2. The highest BCUT2D eigenvalue weighted by molar-refractivity contribution is 7.17. The molecule has 0 fully saturated rings. The molecule has 0 saturated carbocycles. The Kier molecular flexibility index (Phi) is 3.39. The Bertz CT molecular complexity index is 921. The van der Waals surface area contributed by atoms with Crippen LogP contribution >= 0.6 is 11.3 Å². The van der Waals surface area contributed by atoms with E-state index in [9.17, 15) is 9.59 Å². The molecule has 0 aliphatic rings. The molecule has 0 bridgehead atoms. The Morgan fingerprint density at radius 3 is 2.71 bits per heavy atom. The van der Waals surface area contributed by atoms with Gasteiger partial charge in [-0.25, -0.2) is 4.79 Å². The summed E-state index contributed by atoms with van der Waals surface area (Å²) < 4.78 is 3.82. The molecule has 0 saturated heterocycles. The molecule has 21 heavy (non-hydrogen) atoms. The van der Waals surface area contributed by atoms with Gasteiger partial charge in [-0.3, -0.25) is 13.9 Å². The molecule has 0 atom stereocenters. The summed E-state index contributed by atoms with van der Waals surface area (Å²) >= 11 is 1.70. The van der Waals surface area contributed by atoms with Gasteiger partial charge in [0.05, 0.1) is 6.54 Å². The first-order valence-corrected chi connectivity index (χ1v) is 7.41. The maximum Gasteiger partial charge on any atom is 0.330 e. The maximum absolute atomic E-state index is 11.9. The van der Waals surface area contributed by atoms with E-state index in [1.807, 2.05) is 6.07 Å². The van der Waals surface area contributed by atoms with E-state index in [0.717, 1.165) is 10.3 Å². The molecule has 6 heteroatoms. The highest BCUT2D eigenvalue weighted by Crippen LogP contribution is 2.24. The fraction of sp³-hybridized carbons (Fsp3) is 0.200. The van der Waals surface area contributed by atoms with Crippen LogP contribution in [0.25, 0.3) is 10.1 Å². The van der Waals surface area contributed by atoms with Gasteiger partial charge in [0.2, 0.25) is 0 Å². The maximum atomic E-state index is 11.9. The van der Waals surface area contributed by atoms with Gasteiger partial charge in [0.25, 0.3) is 5.56 Å². The first-order valence-electron chi connectivity index (χ1n) is 6.53. The molecule has 2 heterocycles. The fourth-order valence-corrected chi connectivity index (χ4v) is 2.99. The topological polar surface area (TPSA) is 56.0 Å². The molecule has 0 radical (unpaired) electrons. The first-order chi connectivity index (χ1) is 10.1. The molecule has 0 aliphatic carbocycles. The Hall–Kier alpha value is -2.34.